The third kappa shape index (κ3) is 4.84. The van der Waals surface area contributed by atoms with E-state index in [4.69, 9.17) is 0 Å². The van der Waals surface area contributed by atoms with Gasteiger partial charge in [-0.15, -0.1) is 0 Å². The van der Waals surface area contributed by atoms with Crippen LogP contribution in [0.1, 0.15) is 44.2 Å². The highest BCUT2D eigenvalue weighted by Crippen LogP contribution is 2.16. The molecule has 1 aromatic rings. The second kappa shape index (κ2) is 7.59. The van der Waals surface area contributed by atoms with Crippen LogP contribution in [0.2, 0.25) is 0 Å². The fraction of sp³-hybridized carbons (Fsp3) is 0.500. The van der Waals surface area contributed by atoms with E-state index in [1.807, 2.05) is 31.2 Å². The number of hydrogen-bond donors (Lipinski definition) is 1. The topological polar surface area (TPSA) is 49.4 Å². The molecule has 0 aromatic heterocycles. The van der Waals surface area contributed by atoms with Crippen LogP contribution in [-0.4, -0.2) is 29.8 Å². The largest absolute Gasteiger partial charge is 0.348 e. The van der Waals surface area contributed by atoms with Crippen molar-refractivity contribution in [1.29, 1.82) is 0 Å². The van der Waals surface area contributed by atoms with Gasteiger partial charge in [-0.2, -0.15) is 0 Å². The zero-order valence-electron chi connectivity index (χ0n) is 12.3. The monoisotopic (exact) mass is 352 g/mol. The first-order valence-corrected chi connectivity index (χ1v) is 8.18. The zero-order chi connectivity index (χ0) is 15.2. The van der Waals surface area contributed by atoms with Crippen LogP contribution in [0.4, 0.5) is 0 Å². The van der Waals surface area contributed by atoms with Crippen molar-refractivity contribution in [3.05, 3.63) is 34.3 Å². The molecule has 1 N–H and O–H groups in total. The van der Waals surface area contributed by atoms with Gasteiger partial charge in [0.15, 0.2) is 0 Å². The maximum atomic E-state index is 12.1. The average molecular weight is 353 g/mol. The van der Waals surface area contributed by atoms with Gasteiger partial charge >= 0.3 is 0 Å². The van der Waals surface area contributed by atoms with Gasteiger partial charge < -0.3 is 10.2 Å². The summed E-state index contributed by atoms with van der Waals surface area (Å²) in [7, 11) is 0. The van der Waals surface area contributed by atoms with E-state index >= 15 is 0 Å². The summed E-state index contributed by atoms with van der Waals surface area (Å²) in [6, 6.07) is 7.80. The normalized spacial score (nSPS) is 17.2. The lowest BCUT2D eigenvalue weighted by Crippen LogP contribution is -2.41. The van der Waals surface area contributed by atoms with E-state index in [9.17, 15) is 9.59 Å². The molecule has 21 heavy (non-hydrogen) atoms. The number of benzene rings is 1. The standard InChI is InChI=1S/C16H21BrN2O2/c1-12(13-6-8-14(17)9-7-13)18-15(20)11-19-10-4-2-3-5-16(19)21/h6-9,12H,2-5,10-11H2,1H3,(H,18,20). The smallest absolute Gasteiger partial charge is 0.240 e. The minimum Gasteiger partial charge on any atom is -0.348 e. The predicted molar refractivity (Wildman–Crippen MR) is 85.7 cm³/mol. The average Bonchev–Trinajstić information content (AvgIpc) is 2.65. The van der Waals surface area contributed by atoms with Crippen LogP contribution in [-0.2, 0) is 9.59 Å². The van der Waals surface area contributed by atoms with Gasteiger partial charge in [0.05, 0.1) is 12.6 Å². The Kier molecular flexibility index (Phi) is 5.79. The number of nitrogens with one attached hydrogen (secondary N) is 1. The number of carbonyl (C=O) groups is 2. The zero-order valence-corrected chi connectivity index (χ0v) is 13.9. The van der Waals surface area contributed by atoms with Gasteiger partial charge in [0.2, 0.25) is 11.8 Å². The van der Waals surface area contributed by atoms with Crippen molar-refractivity contribution >= 4 is 27.7 Å². The van der Waals surface area contributed by atoms with E-state index < -0.39 is 0 Å². The molecule has 2 amide bonds. The molecule has 1 unspecified atom stereocenters. The van der Waals surface area contributed by atoms with Crippen LogP contribution >= 0.6 is 15.9 Å². The molecule has 1 aliphatic rings. The van der Waals surface area contributed by atoms with Gasteiger partial charge in [-0.1, -0.05) is 34.5 Å². The van der Waals surface area contributed by atoms with Gasteiger partial charge in [-0.05, 0) is 37.5 Å². The molecule has 2 rings (SSSR count). The van der Waals surface area contributed by atoms with Crippen LogP contribution in [0.25, 0.3) is 0 Å². The maximum Gasteiger partial charge on any atom is 0.240 e. The van der Waals surface area contributed by atoms with Crippen molar-refractivity contribution in [3.63, 3.8) is 0 Å². The summed E-state index contributed by atoms with van der Waals surface area (Å²) < 4.78 is 1.01. The molecule has 0 spiro atoms. The van der Waals surface area contributed by atoms with Crippen LogP contribution in [0, 0.1) is 0 Å². The Morgan fingerprint density at radius 1 is 1.29 bits per heavy atom. The molecule has 1 atom stereocenters. The Bertz CT molecular complexity index is 502. The molecule has 1 heterocycles. The molecule has 4 nitrogen and oxygen atoms in total. The lowest BCUT2D eigenvalue weighted by molar-refractivity contribution is -0.135. The SMILES string of the molecule is CC(NC(=O)CN1CCCCCC1=O)c1ccc(Br)cc1. The molecule has 1 saturated heterocycles. The van der Waals surface area contributed by atoms with Gasteiger partial charge in [0, 0.05) is 17.4 Å². The van der Waals surface area contributed by atoms with E-state index in [1.165, 1.54) is 0 Å². The van der Waals surface area contributed by atoms with Crippen molar-refractivity contribution in [3.8, 4) is 0 Å². The fourth-order valence-corrected chi connectivity index (χ4v) is 2.77. The number of halogens is 1. The van der Waals surface area contributed by atoms with Crippen LogP contribution in [0.15, 0.2) is 28.7 Å². The Morgan fingerprint density at radius 3 is 2.71 bits per heavy atom. The number of nitrogens with zero attached hydrogens (tertiary/aromatic N) is 1. The lowest BCUT2D eigenvalue weighted by Gasteiger charge is -2.21. The van der Waals surface area contributed by atoms with Crippen LogP contribution in [0.3, 0.4) is 0 Å². The summed E-state index contributed by atoms with van der Waals surface area (Å²) in [5.74, 6) is -0.000358. The van der Waals surface area contributed by atoms with Crippen LogP contribution in [0.5, 0.6) is 0 Å². The summed E-state index contributed by atoms with van der Waals surface area (Å²) in [6.07, 6.45) is 3.56. The summed E-state index contributed by atoms with van der Waals surface area (Å²) in [5.41, 5.74) is 1.05. The quantitative estimate of drug-likeness (QED) is 0.905. The molecule has 0 radical (unpaired) electrons. The first-order valence-electron chi connectivity index (χ1n) is 7.39. The highest BCUT2D eigenvalue weighted by Gasteiger charge is 2.20. The molecular weight excluding hydrogens is 332 g/mol. The molecule has 1 aromatic carbocycles. The van der Waals surface area contributed by atoms with Crippen molar-refractivity contribution in [2.75, 3.05) is 13.1 Å². The second-order valence-corrected chi connectivity index (χ2v) is 6.38. The third-order valence-electron chi connectivity index (χ3n) is 3.75. The number of hydrogen-bond acceptors (Lipinski definition) is 2. The molecule has 0 bridgehead atoms. The van der Waals surface area contributed by atoms with Gasteiger partial charge in [0.1, 0.15) is 0 Å². The molecule has 1 aliphatic heterocycles. The van der Waals surface area contributed by atoms with Crippen molar-refractivity contribution in [1.82, 2.24) is 10.2 Å². The summed E-state index contributed by atoms with van der Waals surface area (Å²) >= 11 is 3.39. The predicted octanol–water partition coefficient (Wildman–Crippen LogP) is 3.03. The van der Waals surface area contributed by atoms with Crippen molar-refractivity contribution in [2.45, 2.75) is 38.6 Å². The maximum absolute atomic E-state index is 12.1. The minimum atomic E-state index is -0.0966. The third-order valence-corrected chi connectivity index (χ3v) is 4.28. The Morgan fingerprint density at radius 2 is 2.00 bits per heavy atom. The van der Waals surface area contributed by atoms with Crippen LogP contribution < -0.4 is 5.32 Å². The van der Waals surface area contributed by atoms with E-state index in [1.54, 1.807) is 4.90 Å². The summed E-state index contributed by atoms with van der Waals surface area (Å²) in [4.78, 5) is 25.7. The molecule has 5 heteroatoms. The van der Waals surface area contributed by atoms with Gasteiger partial charge in [-0.3, -0.25) is 9.59 Å². The summed E-state index contributed by atoms with van der Waals surface area (Å²) in [6.45, 7) is 2.81. The summed E-state index contributed by atoms with van der Waals surface area (Å²) in [5, 5.41) is 2.96. The Hall–Kier alpha value is -1.36. The van der Waals surface area contributed by atoms with Gasteiger partial charge in [-0.25, -0.2) is 0 Å². The molecular formula is C16H21BrN2O2. The lowest BCUT2D eigenvalue weighted by atomic mass is 10.1. The Labute approximate surface area is 134 Å². The number of amides is 2. The highest BCUT2D eigenvalue weighted by molar-refractivity contribution is 9.10. The first kappa shape index (κ1) is 16.0. The molecule has 1 fully saturated rings. The highest BCUT2D eigenvalue weighted by atomic mass is 79.9. The van der Waals surface area contributed by atoms with E-state index in [0.29, 0.717) is 13.0 Å². The van der Waals surface area contributed by atoms with Gasteiger partial charge in [0.25, 0.3) is 0 Å². The molecule has 114 valence electrons. The van der Waals surface area contributed by atoms with E-state index in [-0.39, 0.29) is 24.4 Å². The second-order valence-electron chi connectivity index (χ2n) is 5.47. The molecule has 0 aliphatic carbocycles. The first-order chi connectivity index (χ1) is 10.1. The van der Waals surface area contributed by atoms with E-state index in [2.05, 4.69) is 21.2 Å². The minimum absolute atomic E-state index is 0.0623. The number of carbonyl (C=O) groups excluding carboxylic acids is 2. The van der Waals surface area contributed by atoms with E-state index in [0.717, 1.165) is 29.3 Å². The molecule has 0 saturated carbocycles. The number of likely N-dealkylation sites (tertiary alicyclic amines) is 1. The van der Waals surface area contributed by atoms with Crippen molar-refractivity contribution in [2.24, 2.45) is 0 Å². The van der Waals surface area contributed by atoms with Crippen molar-refractivity contribution < 1.29 is 9.59 Å². The Balaban J connectivity index is 1.88. The fourth-order valence-electron chi connectivity index (χ4n) is 2.50. The number of rotatable bonds is 4.